The van der Waals surface area contributed by atoms with E-state index in [-0.39, 0.29) is 40.8 Å². The molecule has 1 N–H and O–H groups in total. The molecule has 0 bridgehead atoms. The van der Waals surface area contributed by atoms with Crippen LogP contribution in [0.25, 0.3) is 5.69 Å². The molecule has 3 aromatic rings. The van der Waals surface area contributed by atoms with Crippen LogP contribution in [0.2, 0.25) is 0 Å². The van der Waals surface area contributed by atoms with E-state index in [0.717, 1.165) is 34.0 Å². The molecule has 0 fully saturated rings. The molecule has 202 valence electrons. The fourth-order valence-electron chi connectivity index (χ4n) is 4.62. The van der Waals surface area contributed by atoms with Crippen molar-refractivity contribution in [2.24, 2.45) is 0 Å². The van der Waals surface area contributed by atoms with Gasteiger partial charge >= 0.3 is 0 Å². The zero-order chi connectivity index (χ0) is 27.6. The van der Waals surface area contributed by atoms with Crippen LogP contribution in [0.3, 0.4) is 0 Å². The molecule has 0 spiro atoms. The lowest BCUT2D eigenvalue weighted by Gasteiger charge is -2.25. The number of hydrogen-bond acceptors (Lipinski definition) is 6. The Kier molecular flexibility index (Phi) is 8.06. The summed E-state index contributed by atoms with van der Waals surface area (Å²) in [5.41, 5.74) is 3.15. The summed E-state index contributed by atoms with van der Waals surface area (Å²) in [6.45, 7) is 10.0. The molecule has 2 heterocycles. The maximum Gasteiger partial charge on any atom is 0.240 e. The van der Waals surface area contributed by atoms with Crippen LogP contribution >= 0.6 is 11.8 Å². The van der Waals surface area contributed by atoms with Crippen molar-refractivity contribution < 1.29 is 19.1 Å². The smallest absolute Gasteiger partial charge is 0.240 e. The molecule has 1 aliphatic heterocycles. The van der Waals surface area contributed by atoms with Crippen molar-refractivity contribution in [2.75, 3.05) is 31.4 Å². The van der Waals surface area contributed by atoms with Crippen LogP contribution in [-0.2, 0) is 15.0 Å². The first-order valence-corrected chi connectivity index (χ1v) is 13.7. The number of para-hydroxylation sites is 1. The number of benzene rings is 2. The van der Waals surface area contributed by atoms with Gasteiger partial charge in [-0.3, -0.25) is 14.5 Å². The standard InChI is InChI=1S/C29H36N4O4S/c1-18(2)30-23(34)16-32-24(35)17-38-26(21-10-8-9-11-22(21)37-7)25-27(29(3,4)5)31-33(28(25)32)19-12-14-20(36-6)15-13-19/h8-15,18,26H,16-17H2,1-7H3,(H,30,34)/t26-/m1/s1. The molecule has 9 heteroatoms. The minimum Gasteiger partial charge on any atom is -0.497 e. The zero-order valence-electron chi connectivity index (χ0n) is 23.1. The Hall–Kier alpha value is -3.46. The number of ether oxygens (including phenoxy) is 2. The normalized spacial score (nSPS) is 15.7. The number of aromatic nitrogens is 2. The molecule has 1 aliphatic rings. The van der Waals surface area contributed by atoms with Gasteiger partial charge in [0.25, 0.3) is 0 Å². The van der Waals surface area contributed by atoms with Crippen LogP contribution in [-0.4, -0.2) is 54.2 Å². The van der Waals surface area contributed by atoms with Crippen molar-refractivity contribution in [3.63, 3.8) is 0 Å². The summed E-state index contributed by atoms with van der Waals surface area (Å²) in [6.07, 6.45) is 0. The van der Waals surface area contributed by atoms with Crippen molar-refractivity contribution in [1.29, 1.82) is 0 Å². The zero-order valence-corrected chi connectivity index (χ0v) is 23.9. The second-order valence-corrected chi connectivity index (χ2v) is 11.7. The molecule has 0 unspecified atom stereocenters. The summed E-state index contributed by atoms with van der Waals surface area (Å²) < 4.78 is 12.9. The molecule has 4 rings (SSSR count). The van der Waals surface area contributed by atoms with E-state index in [0.29, 0.717) is 5.82 Å². The van der Waals surface area contributed by atoms with Crippen molar-refractivity contribution in [1.82, 2.24) is 15.1 Å². The van der Waals surface area contributed by atoms with E-state index in [1.807, 2.05) is 62.4 Å². The first kappa shape index (κ1) is 27.6. The van der Waals surface area contributed by atoms with E-state index in [1.54, 1.807) is 23.8 Å². The van der Waals surface area contributed by atoms with Crippen molar-refractivity contribution in [3.05, 3.63) is 65.4 Å². The Bertz CT molecular complexity index is 1310. The average Bonchev–Trinajstić information content (AvgIpc) is 3.22. The topological polar surface area (TPSA) is 85.7 Å². The Morgan fingerprint density at radius 2 is 1.79 bits per heavy atom. The number of anilines is 1. The molecule has 0 radical (unpaired) electrons. The number of fused-ring (bicyclic) bond motifs is 1. The Balaban J connectivity index is 2.02. The van der Waals surface area contributed by atoms with E-state index in [1.165, 1.54) is 11.8 Å². The average molecular weight is 537 g/mol. The lowest BCUT2D eigenvalue weighted by Crippen LogP contribution is -2.44. The molecule has 0 saturated carbocycles. The summed E-state index contributed by atoms with van der Waals surface area (Å²) in [4.78, 5) is 28.3. The SMILES string of the molecule is COc1ccc(-n2nc(C(C)(C)C)c3c2N(CC(=O)NC(C)C)C(=O)CS[C@@H]3c2ccccc2OC)cc1. The predicted molar refractivity (Wildman–Crippen MR) is 152 cm³/mol. The highest BCUT2D eigenvalue weighted by molar-refractivity contribution is 8.00. The minimum absolute atomic E-state index is 0.0450. The highest BCUT2D eigenvalue weighted by Crippen LogP contribution is 2.50. The fourth-order valence-corrected chi connectivity index (χ4v) is 5.84. The Morgan fingerprint density at radius 1 is 1.11 bits per heavy atom. The molecule has 2 amide bonds. The number of carbonyl (C=O) groups excluding carboxylic acids is 2. The number of rotatable bonds is 7. The Labute approximate surface area is 228 Å². The molecule has 0 saturated heterocycles. The number of hydrogen-bond donors (Lipinski definition) is 1. The van der Waals surface area contributed by atoms with Crippen LogP contribution in [0.15, 0.2) is 48.5 Å². The summed E-state index contributed by atoms with van der Waals surface area (Å²) in [5.74, 6) is 1.90. The maximum absolute atomic E-state index is 13.7. The first-order valence-electron chi connectivity index (χ1n) is 12.7. The number of nitrogens with zero attached hydrogens (tertiary/aromatic N) is 3. The number of nitrogens with one attached hydrogen (secondary N) is 1. The molecular formula is C29H36N4O4S. The molecule has 8 nitrogen and oxygen atoms in total. The molecule has 1 aromatic heterocycles. The first-order chi connectivity index (χ1) is 18.0. The van der Waals surface area contributed by atoms with Gasteiger partial charge in [-0.25, -0.2) is 4.68 Å². The number of methoxy groups -OCH3 is 2. The van der Waals surface area contributed by atoms with Gasteiger partial charge in [-0.1, -0.05) is 39.0 Å². The molecule has 0 aliphatic carbocycles. The summed E-state index contributed by atoms with van der Waals surface area (Å²) in [5, 5.41) is 7.81. The van der Waals surface area contributed by atoms with Gasteiger partial charge in [-0.15, -0.1) is 11.8 Å². The highest BCUT2D eigenvalue weighted by atomic mass is 32.2. The molecule has 2 aromatic carbocycles. The third-order valence-corrected chi connectivity index (χ3v) is 7.53. The molecular weight excluding hydrogens is 500 g/mol. The largest absolute Gasteiger partial charge is 0.497 e. The minimum atomic E-state index is -0.345. The summed E-state index contributed by atoms with van der Waals surface area (Å²) >= 11 is 1.53. The van der Waals surface area contributed by atoms with Gasteiger partial charge < -0.3 is 14.8 Å². The lowest BCUT2D eigenvalue weighted by molar-refractivity contribution is -0.123. The second-order valence-electron chi connectivity index (χ2n) is 10.6. The van der Waals surface area contributed by atoms with Crippen LogP contribution in [0.5, 0.6) is 11.5 Å². The molecule has 1 atom stereocenters. The van der Waals surface area contributed by atoms with E-state index in [9.17, 15) is 9.59 Å². The highest BCUT2D eigenvalue weighted by Gasteiger charge is 2.40. The predicted octanol–water partition coefficient (Wildman–Crippen LogP) is 4.88. The number of carbonyl (C=O) groups is 2. The van der Waals surface area contributed by atoms with Crippen LogP contribution in [0.1, 0.15) is 56.7 Å². The van der Waals surface area contributed by atoms with Crippen LogP contribution < -0.4 is 19.7 Å². The Morgan fingerprint density at radius 3 is 2.39 bits per heavy atom. The third kappa shape index (κ3) is 5.53. The van der Waals surface area contributed by atoms with Crippen molar-refractivity contribution in [3.8, 4) is 17.2 Å². The maximum atomic E-state index is 13.7. The summed E-state index contributed by atoms with van der Waals surface area (Å²) in [7, 11) is 3.27. The number of amides is 2. The van der Waals surface area contributed by atoms with Gasteiger partial charge in [0, 0.05) is 22.6 Å². The van der Waals surface area contributed by atoms with Gasteiger partial charge in [0.05, 0.1) is 36.6 Å². The van der Waals surface area contributed by atoms with E-state index >= 15 is 0 Å². The van der Waals surface area contributed by atoms with Gasteiger partial charge in [0.2, 0.25) is 11.8 Å². The fraction of sp³-hybridized carbons (Fsp3) is 0.414. The molecule has 38 heavy (non-hydrogen) atoms. The van der Waals surface area contributed by atoms with E-state index in [4.69, 9.17) is 14.6 Å². The van der Waals surface area contributed by atoms with E-state index < -0.39 is 0 Å². The lowest BCUT2D eigenvalue weighted by atomic mass is 9.87. The van der Waals surface area contributed by atoms with Crippen molar-refractivity contribution in [2.45, 2.75) is 51.3 Å². The van der Waals surface area contributed by atoms with Gasteiger partial charge in [-0.05, 0) is 44.2 Å². The summed E-state index contributed by atoms with van der Waals surface area (Å²) in [6, 6.07) is 15.4. The van der Waals surface area contributed by atoms with Gasteiger partial charge in [-0.2, -0.15) is 5.10 Å². The van der Waals surface area contributed by atoms with Gasteiger partial charge in [0.15, 0.2) is 0 Å². The van der Waals surface area contributed by atoms with Crippen molar-refractivity contribution >= 4 is 29.4 Å². The van der Waals surface area contributed by atoms with E-state index in [2.05, 4.69) is 26.1 Å². The monoisotopic (exact) mass is 536 g/mol. The quantitative estimate of drug-likeness (QED) is 0.463. The number of thioether (sulfide) groups is 1. The third-order valence-electron chi connectivity index (χ3n) is 6.29. The second kappa shape index (κ2) is 11.1. The van der Waals surface area contributed by atoms with Crippen LogP contribution in [0.4, 0.5) is 5.82 Å². The van der Waals surface area contributed by atoms with Crippen LogP contribution in [0, 0.1) is 0 Å². The van der Waals surface area contributed by atoms with Gasteiger partial charge in [0.1, 0.15) is 23.9 Å².